The first kappa shape index (κ1) is 25.3. The van der Waals surface area contributed by atoms with Crippen molar-refractivity contribution < 1.29 is 24.5 Å². The van der Waals surface area contributed by atoms with Crippen LogP contribution in [0, 0.1) is 5.41 Å². The molecule has 0 spiro atoms. The van der Waals surface area contributed by atoms with Crippen molar-refractivity contribution >= 4 is 23.5 Å². The Labute approximate surface area is 203 Å². The summed E-state index contributed by atoms with van der Waals surface area (Å²) in [6.07, 6.45) is -1.10. The Morgan fingerprint density at radius 2 is 1.76 bits per heavy atom. The standard InChI is InChI=1S/C25H28ClN3O5/c1-25(2,3)21(30)15-34-22-13-20(28-29(22)16-9-5-4-6-10-16)24(33)27-19(14-23(31)32)17-11-7-8-12-18(17)26/h4-13,19,21,30H,14-15H2,1-3H3,(H,27,33)(H,31,32)/t19-,21-/m0/s1. The van der Waals surface area contributed by atoms with E-state index in [0.717, 1.165) is 0 Å². The number of nitrogens with zero attached hydrogens (tertiary/aromatic N) is 2. The number of hydrogen-bond donors (Lipinski definition) is 3. The van der Waals surface area contributed by atoms with Crippen molar-refractivity contribution in [1.82, 2.24) is 15.1 Å². The van der Waals surface area contributed by atoms with Crippen LogP contribution in [0.4, 0.5) is 0 Å². The minimum atomic E-state index is -1.08. The van der Waals surface area contributed by atoms with Crippen LogP contribution in [0.2, 0.25) is 5.02 Å². The van der Waals surface area contributed by atoms with Gasteiger partial charge >= 0.3 is 5.97 Å². The number of aliphatic carboxylic acids is 1. The number of para-hydroxylation sites is 1. The fourth-order valence-electron chi connectivity index (χ4n) is 3.15. The molecular formula is C25H28ClN3O5. The molecule has 3 N–H and O–H groups in total. The monoisotopic (exact) mass is 485 g/mol. The number of carbonyl (C=O) groups is 2. The molecule has 2 aromatic carbocycles. The lowest BCUT2D eigenvalue weighted by molar-refractivity contribution is -0.137. The normalized spacial score (nSPS) is 13.2. The lowest BCUT2D eigenvalue weighted by atomic mass is 9.90. The summed E-state index contributed by atoms with van der Waals surface area (Å²) in [5.74, 6) is -1.39. The van der Waals surface area contributed by atoms with Crippen LogP contribution in [-0.2, 0) is 4.79 Å². The van der Waals surface area contributed by atoms with Crippen LogP contribution in [0.1, 0.15) is 49.3 Å². The summed E-state index contributed by atoms with van der Waals surface area (Å²) in [5, 5.41) is 27.2. The molecule has 1 amide bonds. The highest BCUT2D eigenvalue weighted by Gasteiger charge is 2.26. The Hall–Kier alpha value is -3.36. The molecule has 8 nitrogen and oxygen atoms in total. The van der Waals surface area contributed by atoms with Gasteiger partial charge in [-0.1, -0.05) is 68.8 Å². The van der Waals surface area contributed by atoms with Gasteiger partial charge in [-0.25, -0.2) is 4.68 Å². The van der Waals surface area contributed by atoms with Crippen molar-refractivity contribution in [1.29, 1.82) is 0 Å². The molecule has 180 valence electrons. The van der Waals surface area contributed by atoms with Gasteiger partial charge in [0.05, 0.1) is 24.3 Å². The van der Waals surface area contributed by atoms with Gasteiger partial charge in [0.15, 0.2) is 5.69 Å². The number of aromatic nitrogens is 2. The maximum Gasteiger partial charge on any atom is 0.305 e. The smallest absolute Gasteiger partial charge is 0.305 e. The maximum atomic E-state index is 13.1. The molecule has 0 aliphatic heterocycles. The predicted molar refractivity (Wildman–Crippen MR) is 128 cm³/mol. The second-order valence-electron chi connectivity index (χ2n) is 8.95. The van der Waals surface area contributed by atoms with Crippen LogP contribution in [0.5, 0.6) is 5.88 Å². The summed E-state index contributed by atoms with van der Waals surface area (Å²) in [7, 11) is 0. The Morgan fingerprint density at radius 1 is 1.12 bits per heavy atom. The number of carbonyl (C=O) groups excluding carboxylic acids is 1. The van der Waals surface area contributed by atoms with E-state index in [9.17, 15) is 19.8 Å². The molecular weight excluding hydrogens is 458 g/mol. The molecule has 0 radical (unpaired) electrons. The van der Waals surface area contributed by atoms with E-state index in [2.05, 4.69) is 10.4 Å². The summed E-state index contributed by atoms with van der Waals surface area (Å²) < 4.78 is 7.30. The number of nitrogens with one attached hydrogen (secondary N) is 1. The molecule has 0 aliphatic rings. The van der Waals surface area contributed by atoms with Gasteiger partial charge in [-0.05, 0) is 29.2 Å². The summed E-state index contributed by atoms with van der Waals surface area (Å²) in [6, 6.07) is 16.5. The molecule has 0 saturated heterocycles. The van der Waals surface area contributed by atoms with Gasteiger partial charge in [0.25, 0.3) is 5.91 Å². The maximum absolute atomic E-state index is 13.1. The number of halogens is 1. The first-order valence-electron chi connectivity index (χ1n) is 10.8. The zero-order chi connectivity index (χ0) is 24.9. The Kier molecular flexibility index (Phi) is 7.96. The zero-order valence-corrected chi connectivity index (χ0v) is 20.0. The van der Waals surface area contributed by atoms with Gasteiger partial charge in [0.1, 0.15) is 6.61 Å². The van der Waals surface area contributed by atoms with Crippen LogP contribution in [0.25, 0.3) is 5.69 Å². The highest BCUT2D eigenvalue weighted by molar-refractivity contribution is 6.31. The lowest BCUT2D eigenvalue weighted by Gasteiger charge is -2.25. The Bertz CT molecular complexity index is 1140. The lowest BCUT2D eigenvalue weighted by Crippen LogP contribution is -2.32. The average molecular weight is 486 g/mol. The van der Waals surface area contributed by atoms with E-state index in [-0.39, 0.29) is 24.6 Å². The number of amides is 1. The first-order valence-corrected chi connectivity index (χ1v) is 11.2. The van der Waals surface area contributed by atoms with Crippen molar-refractivity contribution in [3.8, 4) is 11.6 Å². The third kappa shape index (κ3) is 6.36. The van der Waals surface area contributed by atoms with Gasteiger partial charge in [-0.15, -0.1) is 0 Å². The van der Waals surface area contributed by atoms with E-state index in [1.54, 1.807) is 36.4 Å². The van der Waals surface area contributed by atoms with Gasteiger partial charge in [0, 0.05) is 11.1 Å². The average Bonchev–Trinajstić information content (AvgIpc) is 3.21. The minimum Gasteiger partial charge on any atom is -0.481 e. The van der Waals surface area contributed by atoms with E-state index in [4.69, 9.17) is 16.3 Å². The quantitative estimate of drug-likeness (QED) is 0.417. The van der Waals surface area contributed by atoms with Crippen LogP contribution < -0.4 is 10.1 Å². The third-order valence-electron chi connectivity index (χ3n) is 5.26. The number of carboxylic acid groups (broad SMARTS) is 1. The highest BCUT2D eigenvalue weighted by atomic mass is 35.5. The van der Waals surface area contributed by atoms with E-state index >= 15 is 0 Å². The Morgan fingerprint density at radius 3 is 2.38 bits per heavy atom. The van der Waals surface area contributed by atoms with Crippen molar-refractivity contribution in [3.63, 3.8) is 0 Å². The molecule has 0 bridgehead atoms. The van der Waals surface area contributed by atoms with Crippen LogP contribution >= 0.6 is 11.6 Å². The van der Waals surface area contributed by atoms with Crippen molar-refractivity contribution in [2.45, 2.75) is 39.3 Å². The van der Waals surface area contributed by atoms with Gasteiger partial charge in [0.2, 0.25) is 5.88 Å². The number of hydrogen-bond acceptors (Lipinski definition) is 5. The van der Waals surface area contributed by atoms with Crippen molar-refractivity contribution in [2.24, 2.45) is 5.41 Å². The molecule has 2 atom stereocenters. The van der Waals surface area contributed by atoms with E-state index in [0.29, 0.717) is 16.3 Å². The molecule has 34 heavy (non-hydrogen) atoms. The molecule has 1 heterocycles. The molecule has 3 aromatic rings. The van der Waals surface area contributed by atoms with Gasteiger partial charge in [-0.2, -0.15) is 5.10 Å². The van der Waals surface area contributed by atoms with Crippen LogP contribution in [-0.4, -0.2) is 44.6 Å². The van der Waals surface area contributed by atoms with E-state index < -0.39 is 29.4 Å². The predicted octanol–water partition coefficient (Wildman–Crippen LogP) is 4.26. The molecule has 1 aromatic heterocycles. The van der Waals surface area contributed by atoms with Crippen molar-refractivity contribution in [3.05, 3.63) is 76.9 Å². The first-order chi connectivity index (χ1) is 16.1. The number of rotatable bonds is 9. The molecule has 9 heteroatoms. The minimum absolute atomic E-state index is 0.00431. The largest absolute Gasteiger partial charge is 0.481 e. The number of carboxylic acids is 1. The number of benzene rings is 2. The molecule has 0 unspecified atom stereocenters. The molecule has 0 aliphatic carbocycles. The zero-order valence-electron chi connectivity index (χ0n) is 19.2. The number of ether oxygens (including phenoxy) is 1. The van der Waals surface area contributed by atoms with Gasteiger partial charge in [-0.3, -0.25) is 9.59 Å². The van der Waals surface area contributed by atoms with E-state index in [1.165, 1.54) is 10.7 Å². The van der Waals surface area contributed by atoms with E-state index in [1.807, 2.05) is 39.0 Å². The van der Waals surface area contributed by atoms with Crippen LogP contribution in [0.3, 0.4) is 0 Å². The number of aliphatic hydroxyl groups is 1. The summed E-state index contributed by atoms with van der Waals surface area (Å²) in [4.78, 5) is 24.5. The number of aliphatic hydroxyl groups excluding tert-OH is 1. The van der Waals surface area contributed by atoms with Gasteiger partial charge < -0.3 is 20.3 Å². The Balaban J connectivity index is 1.90. The SMILES string of the molecule is CC(C)(C)[C@@H](O)COc1cc(C(=O)N[C@@H](CC(=O)O)c2ccccc2Cl)nn1-c1ccccc1. The van der Waals surface area contributed by atoms with Crippen LogP contribution in [0.15, 0.2) is 60.7 Å². The summed E-state index contributed by atoms with van der Waals surface area (Å²) in [5.41, 5.74) is 0.797. The summed E-state index contributed by atoms with van der Waals surface area (Å²) >= 11 is 6.24. The van der Waals surface area contributed by atoms with Crippen molar-refractivity contribution in [2.75, 3.05) is 6.61 Å². The fraction of sp³-hybridized carbons (Fsp3) is 0.320. The second-order valence-corrected chi connectivity index (χ2v) is 9.36. The third-order valence-corrected chi connectivity index (χ3v) is 5.61. The highest BCUT2D eigenvalue weighted by Crippen LogP contribution is 2.27. The fourth-order valence-corrected chi connectivity index (χ4v) is 3.42. The topological polar surface area (TPSA) is 114 Å². The molecule has 0 saturated carbocycles. The second kappa shape index (κ2) is 10.7. The molecule has 0 fully saturated rings. The summed E-state index contributed by atoms with van der Waals surface area (Å²) in [6.45, 7) is 5.69. The molecule has 3 rings (SSSR count).